The molecule has 3 rings (SSSR count). The number of fused-ring (bicyclic) bond motifs is 1. The van der Waals surface area contributed by atoms with Gasteiger partial charge in [-0.2, -0.15) is 5.10 Å². The van der Waals surface area contributed by atoms with E-state index in [2.05, 4.69) is 27.4 Å². The van der Waals surface area contributed by atoms with Crippen LogP contribution in [0, 0.1) is 0 Å². The van der Waals surface area contributed by atoms with E-state index in [1.165, 1.54) is 5.56 Å². The molecule has 0 radical (unpaired) electrons. The van der Waals surface area contributed by atoms with Crippen LogP contribution >= 0.6 is 0 Å². The normalized spacial score (nSPS) is 20.1. The zero-order valence-electron chi connectivity index (χ0n) is 13.7. The maximum Gasteiger partial charge on any atom is 0.272 e. The van der Waals surface area contributed by atoms with Crippen LogP contribution in [0.2, 0.25) is 0 Å². The van der Waals surface area contributed by atoms with Gasteiger partial charge in [-0.15, -0.1) is 0 Å². The maximum absolute atomic E-state index is 12.5. The Bertz CT molecular complexity index is 710. The number of hydrogen-bond acceptors (Lipinski definition) is 4. The van der Waals surface area contributed by atoms with Crippen LogP contribution in [0.1, 0.15) is 59.9 Å². The van der Waals surface area contributed by atoms with E-state index < -0.39 is 0 Å². The highest BCUT2D eigenvalue weighted by Gasteiger charge is 2.29. The Labute approximate surface area is 135 Å². The van der Waals surface area contributed by atoms with E-state index in [1.54, 1.807) is 6.20 Å². The molecule has 0 spiro atoms. The minimum absolute atomic E-state index is 0.0642. The Morgan fingerprint density at radius 2 is 2.30 bits per heavy atom. The minimum Gasteiger partial charge on any atom is -0.369 e. The summed E-state index contributed by atoms with van der Waals surface area (Å²) in [5, 5.41) is 10.0. The number of H-pyrrole nitrogens is 1. The van der Waals surface area contributed by atoms with Crippen LogP contribution in [0.25, 0.3) is 0 Å². The van der Waals surface area contributed by atoms with Crippen molar-refractivity contribution >= 4 is 5.91 Å². The summed E-state index contributed by atoms with van der Waals surface area (Å²) < 4.78 is 5.75. The summed E-state index contributed by atoms with van der Waals surface area (Å²) in [6.07, 6.45) is 3.45. The second kappa shape index (κ2) is 6.50. The lowest BCUT2D eigenvalue weighted by molar-refractivity contribution is -0.00697. The molecule has 122 valence electrons. The van der Waals surface area contributed by atoms with Crippen molar-refractivity contribution in [2.45, 2.75) is 52.4 Å². The van der Waals surface area contributed by atoms with Crippen molar-refractivity contribution in [3.63, 3.8) is 0 Å². The number of rotatable bonds is 4. The van der Waals surface area contributed by atoms with E-state index in [1.807, 2.05) is 26.0 Å². The predicted octanol–water partition coefficient (Wildman–Crippen LogP) is 2.32. The Hall–Kier alpha value is -2.21. The van der Waals surface area contributed by atoms with E-state index in [0.717, 1.165) is 23.4 Å². The molecule has 2 atom stereocenters. The van der Waals surface area contributed by atoms with Gasteiger partial charge in [0.15, 0.2) is 5.69 Å². The van der Waals surface area contributed by atoms with Crippen LogP contribution in [-0.2, 0) is 24.1 Å². The van der Waals surface area contributed by atoms with Crippen molar-refractivity contribution in [2.24, 2.45) is 0 Å². The summed E-state index contributed by atoms with van der Waals surface area (Å²) in [6, 6.07) is 4.00. The number of aromatic nitrogens is 3. The Kier molecular flexibility index (Phi) is 4.43. The first-order valence-corrected chi connectivity index (χ1v) is 8.03. The van der Waals surface area contributed by atoms with Crippen LogP contribution in [-0.4, -0.2) is 27.2 Å². The average Bonchev–Trinajstić information content (AvgIpc) is 2.97. The third kappa shape index (κ3) is 3.27. The molecule has 0 aromatic carbocycles. The molecule has 0 aliphatic carbocycles. The van der Waals surface area contributed by atoms with Gasteiger partial charge < -0.3 is 10.1 Å². The fraction of sp³-hybridized carbons (Fsp3) is 0.471. The molecule has 0 unspecified atom stereocenters. The SMILES string of the molecule is CCc1ccnc(CNC(=O)c2n[nH]c3c2C[C@H](C)O[C@@H]3C)c1. The molecule has 2 aromatic heterocycles. The van der Waals surface area contributed by atoms with Gasteiger partial charge in [0.25, 0.3) is 5.91 Å². The summed E-state index contributed by atoms with van der Waals surface area (Å²) in [5.41, 5.74) is 4.39. The van der Waals surface area contributed by atoms with E-state index in [4.69, 9.17) is 4.74 Å². The number of aryl methyl sites for hydroxylation is 1. The van der Waals surface area contributed by atoms with Gasteiger partial charge in [-0.3, -0.25) is 14.9 Å². The van der Waals surface area contributed by atoms with E-state index in [-0.39, 0.29) is 18.1 Å². The topological polar surface area (TPSA) is 79.9 Å². The first-order chi connectivity index (χ1) is 11.1. The molecule has 0 bridgehead atoms. The number of pyridine rings is 1. The third-order valence-corrected chi connectivity index (χ3v) is 4.17. The zero-order valence-corrected chi connectivity index (χ0v) is 13.7. The number of nitrogens with zero attached hydrogens (tertiary/aromatic N) is 2. The Morgan fingerprint density at radius 1 is 1.48 bits per heavy atom. The van der Waals surface area contributed by atoms with Crippen LogP contribution in [0.4, 0.5) is 0 Å². The number of nitrogens with one attached hydrogen (secondary N) is 2. The predicted molar refractivity (Wildman–Crippen MR) is 86.0 cm³/mol. The van der Waals surface area contributed by atoms with Crippen molar-refractivity contribution in [1.82, 2.24) is 20.5 Å². The number of aromatic amines is 1. The highest BCUT2D eigenvalue weighted by atomic mass is 16.5. The summed E-state index contributed by atoms with van der Waals surface area (Å²) in [6.45, 7) is 6.47. The molecule has 1 aliphatic rings. The number of hydrogen-bond donors (Lipinski definition) is 2. The van der Waals surface area contributed by atoms with Gasteiger partial charge in [0.05, 0.1) is 30.1 Å². The largest absolute Gasteiger partial charge is 0.369 e. The van der Waals surface area contributed by atoms with E-state index in [9.17, 15) is 4.79 Å². The monoisotopic (exact) mass is 314 g/mol. The quantitative estimate of drug-likeness (QED) is 0.907. The molecule has 6 heteroatoms. The van der Waals surface area contributed by atoms with Crippen molar-refractivity contribution in [1.29, 1.82) is 0 Å². The van der Waals surface area contributed by atoms with Crippen LogP contribution in [0.15, 0.2) is 18.3 Å². The minimum atomic E-state index is -0.174. The zero-order chi connectivity index (χ0) is 16.4. The maximum atomic E-state index is 12.5. The standard InChI is InChI=1S/C17H22N4O2/c1-4-12-5-6-18-13(8-12)9-19-17(22)16-14-7-10(2)23-11(3)15(14)20-21-16/h5-6,8,10-11H,4,7,9H2,1-3H3,(H,19,22)(H,20,21)/t10-,11+/m0/s1. The summed E-state index contributed by atoms with van der Waals surface area (Å²) in [7, 11) is 0. The highest BCUT2D eigenvalue weighted by molar-refractivity contribution is 5.94. The number of ether oxygens (including phenoxy) is 1. The molecular weight excluding hydrogens is 292 g/mol. The van der Waals surface area contributed by atoms with Crippen LogP contribution in [0.5, 0.6) is 0 Å². The van der Waals surface area contributed by atoms with Gasteiger partial charge in [-0.05, 0) is 38.0 Å². The van der Waals surface area contributed by atoms with Crippen molar-refractivity contribution in [2.75, 3.05) is 0 Å². The van der Waals surface area contributed by atoms with Gasteiger partial charge in [-0.1, -0.05) is 6.92 Å². The molecule has 0 saturated carbocycles. The Morgan fingerprint density at radius 3 is 3.09 bits per heavy atom. The second-order valence-electron chi connectivity index (χ2n) is 5.95. The van der Waals surface area contributed by atoms with Crippen LogP contribution < -0.4 is 5.32 Å². The molecule has 2 N–H and O–H groups in total. The summed E-state index contributed by atoms with van der Waals surface area (Å²) in [5.74, 6) is -0.174. The molecule has 0 fully saturated rings. The molecule has 1 amide bonds. The molecule has 1 aliphatic heterocycles. The summed E-state index contributed by atoms with van der Waals surface area (Å²) in [4.78, 5) is 16.7. The average molecular weight is 314 g/mol. The van der Waals surface area contributed by atoms with E-state index in [0.29, 0.717) is 18.7 Å². The lowest BCUT2D eigenvalue weighted by Gasteiger charge is -2.25. The Balaban J connectivity index is 1.72. The van der Waals surface area contributed by atoms with Gasteiger partial charge in [0.1, 0.15) is 0 Å². The molecule has 3 heterocycles. The number of carbonyl (C=O) groups excluding carboxylic acids is 1. The van der Waals surface area contributed by atoms with Gasteiger partial charge in [-0.25, -0.2) is 0 Å². The van der Waals surface area contributed by atoms with Gasteiger partial charge in [0.2, 0.25) is 0 Å². The fourth-order valence-electron chi connectivity index (χ4n) is 2.96. The highest BCUT2D eigenvalue weighted by Crippen LogP contribution is 2.29. The number of carbonyl (C=O) groups is 1. The molecule has 0 saturated heterocycles. The van der Waals surface area contributed by atoms with E-state index >= 15 is 0 Å². The smallest absolute Gasteiger partial charge is 0.272 e. The fourth-order valence-corrected chi connectivity index (χ4v) is 2.96. The lowest BCUT2D eigenvalue weighted by Crippen LogP contribution is -2.27. The lowest BCUT2D eigenvalue weighted by atomic mass is 9.99. The molecular formula is C17H22N4O2. The summed E-state index contributed by atoms with van der Waals surface area (Å²) >= 11 is 0. The van der Waals surface area contributed by atoms with Gasteiger partial charge in [0, 0.05) is 18.2 Å². The number of amides is 1. The third-order valence-electron chi connectivity index (χ3n) is 4.17. The second-order valence-corrected chi connectivity index (χ2v) is 5.95. The van der Waals surface area contributed by atoms with Crippen LogP contribution in [0.3, 0.4) is 0 Å². The van der Waals surface area contributed by atoms with Crippen molar-refractivity contribution in [3.8, 4) is 0 Å². The van der Waals surface area contributed by atoms with Gasteiger partial charge >= 0.3 is 0 Å². The molecule has 23 heavy (non-hydrogen) atoms. The molecule has 2 aromatic rings. The first-order valence-electron chi connectivity index (χ1n) is 8.03. The molecule has 6 nitrogen and oxygen atoms in total. The van der Waals surface area contributed by atoms with Crippen molar-refractivity contribution < 1.29 is 9.53 Å². The first kappa shape index (κ1) is 15.7. The van der Waals surface area contributed by atoms with Crippen molar-refractivity contribution in [3.05, 3.63) is 46.5 Å².